The smallest absolute Gasteiger partial charge is 0.310 e. The number of benzene rings is 1. The molecule has 0 fully saturated rings. The first-order chi connectivity index (χ1) is 13.8. The Hall–Kier alpha value is -3.75. The molecule has 0 saturated carbocycles. The molecule has 29 heavy (non-hydrogen) atoms. The van der Waals surface area contributed by atoms with Gasteiger partial charge in [-0.25, -0.2) is 0 Å². The third kappa shape index (κ3) is 4.23. The van der Waals surface area contributed by atoms with Gasteiger partial charge in [0.2, 0.25) is 5.78 Å². The molecular weight excluding hydrogens is 378 g/mol. The number of aromatic nitrogens is 2. The van der Waals surface area contributed by atoms with E-state index in [9.17, 15) is 19.7 Å². The van der Waals surface area contributed by atoms with Gasteiger partial charge >= 0.3 is 5.97 Å². The highest BCUT2D eigenvalue weighted by Gasteiger charge is 2.21. The van der Waals surface area contributed by atoms with Gasteiger partial charge in [0.25, 0.3) is 5.69 Å². The van der Waals surface area contributed by atoms with Crippen LogP contribution >= 0.6 is 0 Å². The van der Waals surface area contributed by atoms with Crippen molar-refractivity contribution in [3.63, 3.8) is 0 Å². The van der Waals surface area contributed by atoms with Crippen LogP contribution in [0.15, 0.2) is 40.9 Å². The number of carbonyl (C=O) groups excluding carboxylic acids is 2. The highest BCUT2D eigenvalue weighted by atomic mass is 16.6. The van der Waals surface area contributed by atoms with E-state index in [1.54, 1.807) is 36.6 Å². The molecule has 0 atom stereocenters. The van der Waals surface area contributed by atoms with Gasteiger partial charge in [-0.15, -0.1) is 0 Å². The minimum absolute atomic E-state index is 0.165. The van der Waals surface area contributed by atoms with E-state index in [4.69, 9.17) is 9.26 Å². The summed E-state index contributed by atoms with van der Waals surface area (Å²) in [6, 6.07) is 9.35. The molecule has 1 aromatic carbocycles. The van der Waals surface area contributed by atoms with Crippen LogP contribution in [0.3, 0.4) is 0 Å². The second-order valence-corrected chi connectivity index (χ2v) is 6.56. The van der Waals surface area contributed by atoms with Crippen LogP contribution in [-0.4, -0.2) is 33.0 Å². The molecule has 2 heterocycles. The summed E-state index contributed by atoms with van der Waals surface area (Å²) < 4.78 is 11.9. The fraction of sp³-hybridized carbons (Fsp3) is 0.250. The molecule has 0 N–H and O–H groups in total. The second-order valence-electron chi connectivity index (χ2n) is 6.56. The minimum atomic E-state index is -0.714. The van der Waals surface area contributed by atoms with E-state index in [1.807, 2.05) is 6.92 Å². The lowest BCUT2D eigenvalue weighted by molar-refractivity contribution is -0.385. The van der Waals surface area contributed by atoms with E-state index in [-0.39, 0.29) is 23.5 Å². The number of ether oxygens (including phenoxy) is 1. The van der Waals surface area contributed by atoms with Gasteiger partial charge in [0.05, 0.1) is 11.3 Å². The summed E-state index contributed by atoms with van der Waals surface area (Å²) in [7, 11) is 0. The van der Waals surface area contributed by atoms with Gasteiger partial charge in [-0.1, -0.05) is 23.4 Å². The van der Waals surface area contributed by atoms with Crippen LogP contribution in [0, 0.1) is 30.9 Å². The molecule has 0 aliphatic carbocycles. The number of hydrogen-bond acceptors (Lipinski definition) is 7. The Bertz CT molecular complexity index is 1100. The molecule has 0 amide bonds. The Morgan fingerprint density at radius 1 is 1.21 bits per heavy atom. The molecule has 0 radical (unpaired) electrons. The predicted octanol–water partition coefficient (Wildman–Crippen LogP) is 3.27. The summed E-state index contributed by atoms with van der Waals surface area (Å²) in [5.41, 5.74) is 1.90. The topological polar surface area (TPSA) is 117 Å². The predicted molar refractivity (Wildman–Crippen MR) is 102 cm³/mol. The third-order valence-corrected chi connectivity index (χ3v) is 4.46. The van der Waals surface area contributed by atoms with E-state index in [0.717, 1.165) is 5.69 Å². The van der Waals surface area contributed by atoms with Gasteiger partial charge in [0, 0.05) is 34.6 Å². The summed E-state index contributed by atoms with van der Waals surface area (Å²) in [6.07, 6.45) is -0.290. The van der Waals surface area contributed by atoms with Crippen LogP contribution in [0.5, 0.6) is 0 Å². The number of Topliss-reactive ketones (excluding diaryl/α,β-unsaturated/α-hetero) is 1. The summed E-state index contributed by atoms with van der Waals surface area (Å²) >= 11 is 0. The van der Waals surface area contributed by atoms with Crippen molar-refractivity contribution in [2.24, 2.45) is 0 Å². The number of rotatable bonds is 7. The van der Waals surface area contributed by atoms with Gasteiger partial charge in [0.15, 0.2) is 12.4 Å². The van der Waals surface area contributed by atoms with Crippen LogP contribution in [0.1, 0.15) is 33.1 Å². The Labute approximate surface area is 166 Å². The zero-order valence-corrected chi connectivity index (χ0v) is 16.2. The maximum atomic E-state index is 12.6. The average molecular weight is 397 g/mol. The molecule has 9 heteroatoms. The Morgan fingerprint density at radius 3 is 2.59 bits per heavy atom. The average Bonchev–Trinajstić information content (AvgIpc) is 3.22. The van der Waals surface area contributed by atoms with Crippen LogP contribution in [0.4, 0.5) is 5.69 Å². The summed E-state index contributed by atoms with van der Waals surface area (Å²) in [4.78, 5) is 35.1. The molecule has 0 spiro atoms. The van der Waals surface area contributed by atoms with Crippen molar-refractivity contribution in [3.05, 3.63) is 74.8 Å². The first-order valence-electron chi connectivity index (χ1n) is 8.81. The second kappa shape index (κ2) is 8.09. The van der Waals surface area contributed by atoms with E-state index in [1.165, 1.54) is 18.2 Å². The fourth-order valence-electron chi connectivity index (χ4n) is 3.13. The monoisotopic (exact) mass is 397 g/mol. The van der Waals surface area contributed by atoms with Crippen molar-refractivity contribution in [1.82, 2.24) is 9.72 Å². The quantitative estimate of drug-likeness (QED) is 0.260. The lowest BCUT2D eigenvalue weighted by Crippen LogP contribution is -2.16. The van der Waals surface area contributed by atoms with Gasteiger partial charge < -0.3 is 9.26 Å². The van der Waals surface area contributed by atoms with Crippen LogP contribution in [0.2, 0.25) is 0 Å². The Kier molecular flexibility index (Phi) is 5.58. The molecule has 150 valence electrons. The minimum Gasteiger partial charge on any atom is -0.457 e. The molecule has 2 aromatic heterocycles. The van der Waals surface area contributed by atoms with Gasteiger partial charge in [-0.2, -0.15) is 0 Å². The first-order valence-corrected chi connectivity index (χ1v) is 8.81. The summed E-state index contributed by atoms with van der Waals surface area (Å²) in [5, 5.41) is 15.0. The van der Waals surface area contributed by atoms with Gasteiger partial charge in [-0.05, 0) is 26.8 Å². The number of nitrogens with zero attached hydrogens (tertiary/aromatic N) is 3. The van der Waals surface area contributed by atoms with Crippen LogP contribution in [0.25, 0.3) is 5.82 Å². The molecule has 0 saturated heterocycles. The number of para-hydroxylation sites is 1. The van der Waals surface area contributed by atoms with Crippen LogP contribution in [-0.2, 0) is 16.0 Å². The van der Waals surface area contributed by atoms with Crippen LogP contribution < -0.4 is 0 Å². The Balaban J connectivity index is 1.69. The zero-order valence-electron chi connectivity index (χ0n) is 16.2. The van der Waals surface area contributed by atoms with E-state index < -0.39 is 17.5 Å². The molecule has 0 aliphatic rings. The van der Waals surface area contributed by atoms with Crippen molar-refractivity contribution in [1.29, 1.82) is 0 Å². The van der Waals surface area contributed by atoms with Gasteiger partial charge in [-0.3, -0.25) is 24.3 Å². The van der Waals surface area contributed by atoms with E-state index in [2.05, 4.69) is 5.16 Å². The highest BCUT2D eigenvalue weighted by Crippen LogP contribution is 2.22. The van der Waals surface area contributed by atoms with Crippen molar-refractivity contribution in [3.8, 4) is 5.82 Å². The third-order valence-electron chi connectivity index (χ3n) is 4.46. The Morgan fingerprint density at radius 2 is 1.93 bits per heavy atom. The summed E-state index contributed by atoms with van der Waals surface area (Å²) in [5.74, 6) is 0.114. The number of carbonyl (C=O) groups is 2. The van der Waals surface area contributed by atoms with Crippen molar-refractivity contribution < 1.29 is 23.8 Å². The number of ketones is 1. The molecular formula is C20H19N3O6. The highest BCUT2D eigenvalue weighted by molar-refractivity contribution is 5.99. The maximum absolute atomic E-state index is 12.6. The van der Waals surface area contributed by atoms with Crippen molar-refractivity contribution in [2.45, 2.75) is 27.2 Å². The first kappa shape index (κ1) is 20.0. The van der Waals surface area contributed by atoms with Gasteiger partial charge in [0.1, 0.15) is 5.76 Å². The molecule has 0 bridgehead atoms. The fourth-order valence-corrected chi connectivity index (χ4v) is 3.13. The normalized spacial score (nSPS) is 10.7. The standard InChI is InChI=1S/C20H19N3O6/c1-12-8-16(14(3)22(12)19-9-13(2)29-21-19)18(24)11-28-20(25)10-15-6-4-5-7-17(15)23(26)27/h4-9H,10-11H2,1-3H3. The number of aryl methyl sites for hydroxylation is 2. The summed E-state index contributed by atoms with van der Waals surface area (Å²) in [6.45, 7) is 4.91. The number of esters is 1. The zero-order chi connectivity index (χ0) is 21.1. The SMILES string of the molecule is Cc1cc(-n2c(C)cc(C(=O)COC(=O)Cc3ccccc3[N+](=O)[O-])c2C)no1. The molecule has 0 aliphatic heterocycles. The maximum Gasteiger partial charge on any atom is 0.310 e. The molecule has 3 rings (SSSR count). The number of nitro groups is 1. The molecule has 9 nitrogen and oxygen atoms in total. The lowest BCUT2D eigenvalue weighted by atomic mass is 10.1. The van der Waals surface area contributed by atoms with E-state index >= 15 is 0 Å². The van der Waals surface area contributed by atoms with Crippen molar-refractivity contribution >= 4 is 17.4 Å². The number of hydrogen-bond donors (Lipinski definition) is 0. The molecule has 0 unspecified atom stereocenters. The number of nitro benzene ring substituents is 1. The molecule has 3 aromatic rings. The largest absolute Gasteiger partial charge is 0.457 e. The van der Waals surface area contributed by atoms with E-state index in [0.29, 0.717) is 22.8 Å². The van der Waals surface area contributed by atoms with Crippen molar-refractivity contribution in [2.75, 3.05) is 6.61 Å². The lowest BCUT2D eigenvalue weighted by Gasteiger charge is -2.06.